The summed E-state index contributed by atoms with van der Waals surface area (Å²) >= 11 is 13.9. The van der Waals surface area contributed by atoms with Gasteiger partial charge in [-0.1, -0.05) is 34.5 Å². The predicted molar refractivity (Wildman–Crippen MR) is 112 cm³/mol. The standard InChI is InChI=1S/C19H19Cl2N3O2S/c1-23(2)14-6-4-12(5-7-14)18(25)22-19-24(8-9-26-3)17-15(21)10-13(20)11-16(17)27-19/h4-7,10-11H,8-9H2,1-3H3. The second-order valence-corrected chi connectivity index (χ2v) is 7.97. The first-order valence-electron chi connectivity index (χ1n) is 8.24. The van der Waals surface area contributed by atoms with Crippen molar-refractivity contribution < 1.29 is 9.53 Å². The van der Waals surface area contributed by atoms with E-state index < -0.39 is 0 Å². The van der Waals surface area contributed by atoms with Crippen molar-refractivity contribution >= 4 is 56.3 Å². The molecule has 0 atom stereocenters. The van der Waals surface area contributed by atoms with E-state index in [0.717, 1.165) is 15.9 Å². The Balaban J connectivity index is 2.08. The molecule has 0 saturated carbocycles. The van der Waals surface area contributed by atoms with E-state index in [2.05, 4.69) is 4.99 Å². The molecular weight excluding hydrogens is 405 g/mol. The molecule has 0 spiro atoms. The van der Waals surface area contributed by atoms with Gasteiger partial charge in [-0.25, -0.2) is 0 Å². The summed E-state index contributed by atoms with van der Waals surface area (Å²) in [6, 6.07) is 10.8. The second kappa shape index (κ2) is 8.44. The first kappa shape index (κ1) is 19.9. The average molecular weight is 424 g/mol. The molecule has 27 heavy (non-hydrogen) atoms. The number of ether oxygens (including phenoxy) is 1. The van der Waals surface area contributed by atoms with Crippen molar-refractivity contribution in [1.29, 1.82) is 0 Å². The highest BCUT2D eigenvalue weighted by molar-refractivity contribution is 7.16. The second-order valence-electron chi connectivity index (χ2n) is 6.12. The molecule has 1 amide bonds. The molecule has 3 rings (SSSR count). The fourth-order valence-electron chi connectivity index (χ4n) is 2.66. The number of halogens is 2. The van der Waals surface area contributed by atoms with Crippen LogP contribution in [-0.4, -0.2) is 38.3 Å². The van der Waals surface area contributed by atoms with Crippen molar-refractivity contribution in [2.45, 2.75) is 6.54 Å². The monoisotopic (exact) mass is 423 g/mol. The van der Waals surface area contributed by atoms with Crippen LogP contribution in [0.25, 0.3) is 10.2 Å². The quantitative estimate of drug-likeness (QED) is 0.608. The molecule has 3 aromatic rings. The fourth-order valence-corrected chi connectivity index (χ4v) is 4.49. The molecule has 142 valence electrons. The van der Waals surface area contributed by atoms with Gasteiger partial charge in [0.05, 0.1) is 21.8 Å². The van der Waals surface area contributed by atoms with E-state index in [0.29, 0.717) is 33.6 Å². The third kappa shape index (κ3) is 4.35. The number of aromatic nitrogens is 1. The highest BCUT2D eigenvalue weighted by atomic mass is 35.5. The van der Waals surface area contributed by atoms with Gasteiger partial charge >= 0.3 is 0 Å². The number of amides is 1. The highest BCUT2D eigenvalue weighted by Gasteiger charge is 2.13. The Morgan fingerprint density at radius 1 is 1.22 bits per heavy atom. The SMILES string of the molecule is COCCn1c(=NC(=O)c2ccc(N(C)C)cc2)sc2cc(Cl)cc(Cl)c21. The maximum atomic E-state index is 12.7. The Bertz CT molecular complexity index is 1040. The predicted octanol–water partition coefficient (Wildman–Crippen LogP) is 4.46. The maximum Gasteiger partial charge on any atom is 0.279 e. The van der Waals surface area contributed by atoms with Gasteiger partial charge in [0.25, 0.3) is 5.91 Å². The van der Waals surface area contributed by atoms with E-state index >= 15 is 0 Å². The number of carbonyl (C=O) groups excluding carboxylic acids is 1. The molecule has 8 heteroatoms. The number of fused-ring (bicyclic) bond motifs is 1. The van der Waals surface area contributed by atoms with Gasteiger partial charge in [0.2, 0.25) is 0 Å². The van der Waals surface area contributed by atoms with E-state index in [1.807, 2.05) is 41.8 Å². The number of carbonyl (C=O) groups is 1. The van der Waals surface area contributed by atoms with Crippen molar-refractivity contribution in [3.8, 4) is 0 Å². The third-order valence-corrected chi connectivity index (χ3v) is 5.57. The topological polar surface area (TPSA) is 46.8 Å². The van der Waals surface area contributed by atoms with Crippen molar-refractivity contribution in [2.24, 2.45) is 4.99 Å². The first-order valence-corrected chi connectivity index (χ1v) is 9.81. The van der Waals surface area contributed by atoms with Crippen LogP contribution in [0.3, 0.4) is 0 Å². The molecule has 1 aromatic heterocycles. The smallest absolute Gasteiger partial charge is 0.279 e. The van der Waals surface area contributed by atoms with Gasteiger partial charge in [0.15, 0.2) is 4.80 Å². The number of methoxy groups -OCH3 is 1. The summed E-state index contributed by atoms with van der Waals surface area (Å²) in [6.07, 6.45) is 0. The molecule has 0 unspecified atom stereocenters. The van der Waals surface area contributed by atoms with Gasteiger partial charge in [0.1, 0.15) is 0 Å². The number of nitrogens with zero attached hydrogens (tertiary/aromatic N) is 3. The van der Waals surface area contributed by atoms with Gasteiger partial charge in [-0.15, -0.1) is 0 Å². The van der Waals surface area contributed by atoms with Gasteiger partial charge in [-0.3, -0.25) is 4.79 Å². The lowest BCUT2D eigenvalue weighted by Crippen LogP contribution is -2.19. The molecule has 0 radical (unpaired) electrons. The molecule has 5 nitrogen and oxygen atoms in total. The van der Waals surface area contributed by atoms with Crippen LogP contribution in [0.5, 0.6) is 0 Å². The first-order chi connectivity index (χ1) is 12.9. The molecule has 0 aliphatic rings. The number of benzene rings is 2. The summed E-state index contributed by atoms with van der Waals surface area (Å²) in [5.41, 5.74) is 2.35. The lowest BCUT2D eigenvalue weighted by molar-refractivity contribution is 0.0997. The minimum atomic E-state index is -0.305. The van der Waals surface area contributed by atoms with Crippen LogP contribution in [0.15, 0.2) is 41.4 Å². The number of hydrogen-bond donors (Lipinski definition) is 0. The summed E-state index contributed by atoms with van der Waals surface area (Å²) < 4.78 is 7.96. The minimum absolute atomic E-state index is 0.305. The third-order valence-electron chi connectivity index (χ3n) is 4.04. The van der Waals surface area contributed by atoms with Crippen LogP contribution >= 0.6 is 34.5 Å². The number of thiazole rings is 1. The number of rotatable bonds is 5. The zero-order valence-corrected chi connectivity index (χ0v) is 17.5. The Morgan fingerprint density at radius 2 is 1.93 bits per heavy atom. The molecule has 0 N–H and O–H groups in total. The fraction of sp³-hybridized carbons (Fsp3) is 0.263. The Labute approximate surface area is 171 Å². The molecule has 2 aromatic carbocycles. The zero-order valence-electron chi connectivity index (χ0n) is 15.2. The van der Waals surface area contributed by atoms with E-state index in [1.165, 1.54) is 11.3 Å². The van der Waals surface area contributed by atoms with Gasteiger partial charge in [-0.05, 0) is 36.4 Å². The van der Waals surface area contributed by atoms with Crippen LogP contribution in [0.1, 0.15) is 10.4 Å². The molecule has 1 heterocycles. The summed E-state index contributed by atoms with van der Waals surface area (Å²) in [5, 5.41) is 1.07. The molecule has 0 aliphatic heterocycles. The lowest BCUT2D eigenvalue weighted by Gasteiger charge is -2.11. The molecular formula is C19H19Cl2N3O2S. The Hall–Kier alpha value is -1.86. The van der Waals surface area contributed by atoms with E-state index in [-0.39, 0.29) is 5.91 Å². The van der Waals surface area contributed by atoms with Crippen LogP contribution < -0.4 is 9.70 Å². The van der Waals surface area contributed by atoms with Crippen LogP contribution in [0.2, 0.25) is 10.0 Å². The largest absolute Gasteiger partial charge is 0.383 e. The molecule has 0 aliphatic carbocycles. The maximum absolute atomic E-state index is 12.7. The highest BCUT2D eigenvalue weighted by Crippen LogP contribution is 2.29. The number of anilines is 1. The van der Waals surface area contributed by atoms with Crippen LogP contribution in [0, 0.1) is 0 Å². The zero-order chi connectivity index (χ0) is 19.6. The molecule has 0 saturated heterocycles. The summed E-state index contributed by atoms with van der Waals surface area (Å²) in [7, 11) is 5.53. The van der Waals surface area contributed by atoms with Crippen LogP contribution in [-0.2, 0) is 11.3 Å². The van der Waals surface area contributed by atoms with Crippen LogP contribution in [0.4, 0.5) is 5.69 Å². The minimum Gasteiger partial charge on any atom is -0.383 e. The molecule has 0 fully saturated rings. The van der Waals surface area contributed by atoms with E-state index in [9.17, 15) is 4.79 Å². The van der Waals surface area contributed by atoms with Crippen molar-refractivity contribution in [3.63, 3.8) is 0 Å². The van der Waals surface area contributed by atoms with Gasteiger partial charge in [0, 0.05) is 44.0 Å². The van der Waals surface area contributed by atoms with Gasteiger partial charge in [-0.2, -0.15) is 4.99 Å². The average Bonchev–Trinajstić information content (AvgIpc) is 2.96. The lowest BCUT2D eigenvalue weighted by atomic mass is 10.2. The summed E-state index contributed by atoms with van der Waals surface area (Å²) in [5.74, 6) is -0.305. The van der Waals surface area contributed by atoms with Gasteiger partial charge < -0.3 is 14.2 Å². The Morgan fingerprint density at radius 3 is 2.56 bits per heavy atom. The van der Waals surface area contributed by atoms with Crippen molar-refractivity contribution in [3.05, 3.63) is 56.8 Å². The summed E-state index contributed by atoms with van der Waals surface area (Å²) in [4.78, 5) is 19.5. The number of hydrogen-bond acceptors (Lipinski definition) is 4. The van der Waals surface area contributed by atoms with Crippen molar-refractivity contribution in [1.82, 2.24) is 4.57 Å². The van der Waals surface area contributed by atoms with Crippen molar-refractivity contribution in [2.75, 3.05) is 32.7 Å². The normalized spacial score (nSPS) is 12.0. The Kier molecular flexibility index (Phi) is 6.22. The molecule has 0 bridgehead atoms. The van der Waals surface area contributed by atoms with E-state index in [1.54, 1.807) is 25.3 Å². The van der Waals surface area contributed by atoms with E-state index in [4.69, 9.17) is 27.9 Å². The summed E-state index contributed by atoms with van der Waals surface area (Å²) in [6.45, 7) is 1.01.